The summed E-state index contributed by atoms with van der Waals surface area (Å²) < 4.78 is 12.9. The van der Waals surface area contributed by atoms with Crippen LogP contribution >= 0.6 is 23.2 Å². The van der Waals surface area contributed by atoms with E-state index >= 15 is 0 Å². The number of benzene rings is 1. The maximum atomic E-state index is 12.9. The molecule has 0 heterocycles. The summed E-state index contributed by atoms with van der Waals surface area (Å²) in [5.74, 6) is -0.464. The second-order valence-corrected chi connectivity index (χ2v) is 3.13. The average molecular weight is 207 g/mol. The quantitative estimate of drug-likeness (QED) is 0.681. The van der Waals surface area contributed by atoms with Gasteiger partial charge >= 0.3 is 0 Å². The van der Waals surface area contributed by atoms with E-state index in [9.17, 15) is 9.18 Å². The van der Waals surface area contributed by atoms with Crippen LogP contribution in [0.4, 0.5) is 4.39 Å². The van der Waals surface area contributed by atoms with E-state index in [1.54, 1.807) is 0 Å². The van der Waals surface area contributed by atoms with Crippen LogP contribution in [-0.4, -0.2) is 5.24 Å². The van der Waals surface area contributed by atoms with E-state index in [0.29, 0.717) is 5.02 Å². The van der Waals surface area contributed by atoms with Crippen LogP contribution in [0, 0.1) is 5.82 Å². The van der Waals surface area contributed by atoms with E-state index in [1.165, 1.54) is 18.2 Å². The zero-order chi connectivity index (χ0) is 9.14. The van der Waals surface area contributed by atoms with Crippen molar-refractivity contribution in [3.05, 3.63) is 34.6 Å². The Morgan fingerprint density at radius 3 is 2.75 bits per heavy atom. The highest BCUT2D eigenvalue weighted by Gasteiger charge is 2.06. The van der Waals surface area contributed by atoms with E-state index in [-0.39, 0.29) is 12.0 Å². The largest absolute Gasteiger partial charge is 0.281 e. The number of hydrogen-bond acceptors (Lipinski definition) is 1. The summed E-state index contributed by atoms with van der Waals surface area (Å²) in [4.78, 5) is 10.4. The van der Waals surface area contributed by atoms with Crippen LogP contribution in [0.25, 0.3) is 0 Å². The van der Waals surface area contributed by atoms with Gasteiger partial charge in [0.1, 0.15) is 5.82 Å². The molecule has 4 heteroatoms. The summed E-state index contributed by atoms with van der Waals surface area (Å²) in [6, 6.07) is 4.01. The van der Waals surface area contributed by atoms with Crippen molar-refractivity contribution in [2.45, 2.75) is 6.42 Å². The van der Waals surface area contributed by atoms with Crippen molar-refractivity contribution in [2.24, 2.45) is 0 Å². The van der Waals surface area contributed by atoms with E-state index in [2.05, 4.69) is 0 Å². The van der Waals surface area contributed by atoms with Crippen molar-refractivity contribution in [3.63, 3.8) is 0 Å². The molecule has 0 aliphatic carbocycles. The third-order valence-corrected chi connectivity index (χ3v) is 1.71. The molecule has 12 heavy (non-hydrogen) atoms. The first-order chi connectivity index (χ1) is 5.59. The van der Waals surface area contributed by atoms with Crippen molar-refractivity contribution in [2.75, 3.05) is 0 Å². The predicted octanol–water partition coefficient (Wildman–Crippen LogP) is 2.79. The van der Waals surface area contributed by atoms with Crippen LogP contribution in [0.5, 0.6) is 0 Å². The summed E-state index contributed by atoms with van der Waals surface area (Å²) in [6.07, 6.45) is -0.131. The molecule has 0 aromatic heterocycles. The number of hydrogen-bond donors (Lipinski definition) is 0. The minimum atomic E-state index is -0.601. The SMILES string of the molecule is O=C(Cl)Cc1cc(Cl)ccc1F. The third kappa shape index (κ3) is 2.47. The first kappa shape index (κ1) is 9.49. The predicted molar refractivity (Wildman–Crippen MR) is 46.0 cm³/mol. The molecule has 1 nitrogen and oxygen atoms in total. The van der Waals surface area contributed by atoms with Gasteiger partial charge in [-0.1, -0.05) is 11.6 Å². The highest BCUT2D eigenvalue weighted by Crippen LogP contribution is 2.15. The molecule has 64 valence electrons. The lowest BCUT2D eigenvalue weighted by Crippen LogP contribution is -1.96. The van der Waals surface area contributed by atoms with Gasteiger partial charge < -0.3 is 0 Å². The Balaban J connectivity index is 2.97. The van der Waals surface area contributed by atoms with Gasteiger partial charge in [-0.15, -0.1) is 0 Å². The van der Waals surface area contributed by atoms with Crippen LogP contribution in [-0.2, 0) is 11.2 Å². The van der Waals surface area contributed by atoms with Crippen LogP contribution in [0.15, 0.2) is 18.2 Å². The van der Waals surface area contributed by atoms with Crippen LogP contribution in [0.1, 0.15) is 5.56 Å². The highest BCUT2D eigenvalue weighted by molar-refractivity contribution is 6.63. The van der Waals surface area contributed by atoms with Gasteiger partial charge in [0.2, 0.25) is 5.24 Å². The lowest BCUT2D eigenvalue weighted by atomic mass is 10.1. The minimum Gasteiger partial charge on any atom is -0.281 e. The van der Waals surface area contributed by atoms with Crippen LogP contribution in [0.2, 0.25) is 5.02 Å². The first-order valence-corrected chi connectivity index (χ1v) is 3.97. The van der Waals surface area contributed by atoms with Crippen LogP contribution < -0.4 is 0 Å². The molecular formula is C8H5Cl2FO. The zero-order valence-corrected chi connectivity index (χ0v) is 7.49. The average Bonchev–Trinajstić information content (AvgIpc) is 1.96. The Bertz CT molecular complexity index is 312. The summed E-state index contributed by atoms with van der Waals surface area (Å²) in [5, 5.41) is -0.208. The van der Waals surface area contributed by atoms with Crippen molar-refractivity contribution in [1.82, 2.24) is 0 Å². The lowest BCUT2D eigenvalue weighted by molar-refractivity contribution is -0.111. The highest BCUT2D eigenvalue weighted by atomic mass is 35.5. The fourth-order valence-corrected chi connectivity index (χ4v) is 1.17. The molecule has 0 aliphatic rings. The number of halogens is 3. The third-order valence-electron chi connectivity index (χ3n) is 1.34. The Morgan fingerprint density at radius 1 is 1.50 bits per heavy atom. The van der Waals surface area contributed by atoms with E-state index in [0.717, 1.165) is 0 Å². The minimum absolute atomic E-state index is 0.131. The maximum Gasteiger partial charge on any atom is 0.226 e. The molecule has 0 unspecified atom stereocenters. The van der Waals surface area contributed by atoms with Gasteiger partial charge in [-0.3, -0.25) is 4.79 Å². The molecule has 0 amide bonds. The topological polar surface area (TPSA) is 17.1 Å². The molecule has 0 atom stereocenters. The Morgan fingerprint density at radius 2 is 2.17 bits per heavy atom. The second kappa shape index (κ2) is 3.87. The van der Waals surface area contributed by atoms with E-state index < -0.39 is 11.1 Å². The molecule has 0 saturated carbocycles. The number of carbonyl (C=O) groups is 1. The van der Waals surface area contributed by atoms with Gasteiger partial charge in [-0.25, -0.2) is 4.39 Å². The molecule has 0 saturated heterocycles. The standard InChI is InChI=1S/C8H5Cl2FO/c9-6-1-2-7(11)5(3-6)4-8(10)12/h1-3H,4H2. The first-order valence-electron chi connectivity index (χ1n) is 3.22. The Hall–Kier alpha value is -0.600. The molecule has 1 aromatic rings. The smallest absolute Gasteiger partial charge is 0.226 e. The van der Waals surface area contributed by atoms with Gasteiger partial charge in [-0.05, 0) is 35.4 Å². The summed E-state index contributed by atoms with van der Waals surface area (Å²) in [5.41, 5.74) is 0.225. The van der Waals surface area contributed by atoms with Crippen molar-refractivity contribution < 1.29 is 9.18 Å². The monoisotopic (exact) mass is 206 g/mol. The van der Waals surface area contributed by atoms with Crippen molar-refractivity contribution in [3.8, 4) is 0 Å². The molecule has 0 N–H and O–H groups in total. The molecule has 0 aliphatic heterocycles. The zero-order valence-electron chi connectivity index (χ0n) is 5.98. The van der Waals surface area contributed by atoms with Crippen molar-refractivity contribution >= 4 is 28.4 Å². The van der Waals surface area contributed by atoms with Gasteiger partial charge in [0, 0.05) is 11.4 Å². The maximum absolute atomic E-state index is 12.9. The summed E-state index contributed by atoms with van der Waals surface area (Å²) in [6.45, 7) is 0. The van der Waals surface area contributed by atoms with Gasteiger partial charge in [0.15, 0.2) is 0 Å². The fourth-order valence-electron chi connectivity index (χ4n) is 0.829. The fraction of sp³-hybridized carbons (Fsp3) is 0.125. The van der Waals surface area contributed by atoms with Crippen molar-refractivity contribution in [1.29, 1.82) is 0 Å². The van der Waals surface area contributed by atoms with Crippen LogP contribution in [0.3, 0.4) is 0 Å². The summed E-state index contributed by atoms with van der Waals surface area (Å²) >= 11 is 10.7. The molecular weight excluding hydrogens is 202 g/mol. The molecule has 1 aromatic carbocycles. The Labute approximate surface area is 79.1 Å². The number of rotatable bonds is 2. The molecule has 0 radical (unpaired) electrons. The van der Waals surface area contributed by atoms with Gasteiger partial charge in [0.25, 0.3) is 0 Å². The molecule has 0 bridgehead atoms. The number of carbonyl (C=O) groups excluding carboxylic acids is 1. The normalized spacial score (nSPS) is 9.92. The van der Waals surface area contributed by atoms with Gasteiger partial charge in [-0.2, -0.15) is 0 Å². The lowest BCUT2D eigenvalue weighted by Gasteiger charge is -1.99. The second-order valence-electron chi connectivity index (χ2n) is 2.27. The van der Waals surface area contributed by atoms with E-state index in [4.69, 9.17) is 23.2 Å². The van der Waals surface area contributed by atoms with E-state index in [1.807, 2.05) is 0 Å². The van der Waals surface area contributed by atoms with Gasteiger partial charge in [0.05, 0.1) is 0 Å². The molecule has 1 rings (SSSR count). The molecule has 0 fully saturated rings. The summed E-state index contributed by atoms with van der Waals surface area (Å²) in [7, 11) is 0. The Kier molecular flexibility index (Phi) is 3.06. The molecule has 0 spiro atoms.